The van der Waals surface area contributed by atoms with E-state index >= 15 is 0 Å². The molecule has 1 aromatic heterocycles. The molecule has 6 heteroatoms. The second-order valence-corrected chi connectivity index (χ2v) is 3.60. The molecule has 0 amide bonds. The van der Waals surface area contributed by atoms with Crippen LogP contribution in [0, 0.1) is 5.82 Å². The third kappa shape index (κ3) is 1.67. The van der Waals surface area contributed by atoms with Gasteiger partial charge in [-0.2, -0.15) is 0 Å². The minimum Gasteiger partial charge on any atom is -0.486 e. The fourth-order valence-corrected chi connectivity index (χ4v) is 1.68. The smallest absolute Gasteiger partial charge is 0.222 e. The molecule has 0 aliphatic carbocycles. The van der Waals surface area contributed by atoms with E-state index in [9.17, 15) is 4.39 Å². The fourth-order valence-electron chi connectivity index (χ4n) is 1.68. The van der Waals surface area contributed by atoms with Gasteiger partial charge in [0.15, 0.2) is 17.3 Å². The first-order valence-electron chi connectivity index (χ1n) is 5.06. The van der Waals surface area contributed by atoms with Crippen LogP contribution in [0.5, 0.6) is 11.5 Å². The van der Waals surface area contributed by atoms with Gasteiger partial charge in [-0.1, -0.05) is 5.16 Å². The van der Waals surface area contributed by atoms with E-state index in [4.69, 9.17) is 19.7 Å². The number of nitrogens with zero attached hydrogens (tertiary/aromatic N) is 1. The highest BCUT2D eigenvalue weighted by Crippen LogP contribution is 2.37. The van der Waals surface area contributed by atoms with Gasteiger partial charge in [0.05, 0.1) is 0 Å². The first-order chi connectivity index (χ1) is 8.24. The molecule has 17 heavy (non-hydrogen) atoms. The van der Waals surface area contributed by atoms with Crippen molar-refractivity contribution in [2.45, 2.75) is 0 Å². The van der Waals surface area contributed by atoms with Crippen LogP contribution < -0.4 is 15.2 Å². The second kappa shape index (κ2) is 3.65. The molecule has 2 aromatic rings. The highest BCUT2D eigenvalue weighted by molar-refractivity contribution is 5.65. The van der Waals surface area contributed by atoms with E-state index in [1.54, 1.807) is 6.07 Å². The monoisotopic (exact) mass is 236 g/mol. The topological polar surface area (TPSA) is 70.5 Å². The lowest BCUT2D eigenvalue weighted by atomic mass is 10.1. The quantitative estimate of drug-likeness (QED) is 0.817. The van der Waals surface area contributed by atoms with E-state index in [0.29, 0.717) is 30.2 Å². The van der Waals surface area contributed by atoms with E-state index in [1.165, 1.54) is 12.1 Å². The van der Waals surface area contributed by atoms with Crippen LogP contribution in [-0.2, 0) is 0 Å². The number of rotatable bonds is 1. The predicted molar refractivity (Wildman–Crippen MR) is 57.3 cm³/mol. The van der Waals surface area contributed by atoms with Gasteiger partial charge in [-0.15, -0.1) is 0 Å². The van der Waals surface area contributed by atoms with Crippen molar-refractivity contribution >= 4 is 5.88 Å². The van der Waals surface area contributed by atoms with Crippen molar-refractivity contribution in [3.8, 4) is 22.8 Å². The Morgan fingerprint density at radius 1 is 1.18 bits per heavy atom. The SMILES string of the molecule is Nc1cc(-c2cc(F)c3c(c2)OCCO3)no1. The van der Waals surface area contributed by atoms with Gasteiger partial charge < -0.3 is 19.7 Å². The standard InChI is InChI=1S/C11H9FN2O3/c12-7-3-6(8-5-10(13)17-14-8)4-9-11(7)16-2-1-15-9/h3-5H,1-2,13H2. The molecule has 0 bridgehead atoms. The van der Waals surface area contributed by atoms with Crippen molar-refractivity contribution in [3.05, 3.63) is 24.0 Å². The Hall–Kier alpha value is -2.24. The summed E-state index contributed by atoms with van der Waals surface area (Å²) in [4.78, 5) is 0. The molecule has 2 N–H and O–H groups in total. The van der Waals surface area contributed by atoms with Crippen LogP contribution in [-0.4, -0.2) is 18.4 Å². The number of aromatic nitrogens is 1. The Labute approximate surface area is 95.9 Å². The summed E-state index contributed by atoms with van der Waals surface area (Å²) in [5.41, 5.74) is 6.40. The Balaban J connectivity index is 2.10. The summed E-state index contributed by atoms with van der Waals surface area (Å²) < 4.78 is 29.0. The molecule has 1 aliphatic heterocycles. The predicted octanol–water partition coefficient (Wildman–Crippen LogP) is 1.83. The molecule has 0 fully saturated rings. The number of benzene rings is 1. The number of nitrogens with two attached hydrogens (primary N) is 1. The minimum atomic E-state index is -0.487. The lowest BCUT2D eigenvalue weighted by Crippen LogP contribution is -2.16. The summed E-state index contributed by atoms with van der Waals surface area (Å²) in [6.07, 6.45) is 0. The zero-order valence-corrected chi connectivity index (χ0v) is 8.77. The third-order valence-corrected chi connectivity index (χ3v) is 2.42. The zero-order chi connectivity index (χ0) is 11.8. The third-order valence-electron chi connectivity index (χ3n) is 2.42. The molecule has 5 nitrogen and oxygen atoms in total. The van der Waals surface area contributed by atoms with Gasteiger partial charge in [-0.05, 0) is 12.1 Å². The van der Waals surface area contributed by atoms with Crippen LogP contribution in [0.1, 0.15) is 0 Å². The summed E-state index contributed by atoms with van der Waals surface area (Å²) >= 11 is 0. The maximum absolute atomic E-state index is 13.7. The minimum absolute atomic E-state index is 0.136. The number of ether oxygens (including phenoxy) is 2. The molecule has 0 unspecified atom stereocenters. The van der Waals surface area contributed by atoms with Crippen molar-refractivity contribution in [1.29, 1.82) is 0 Å². The lowest BCUT2D eigenvalue weighted by Gasteiger charge is -2.19. The van der Waals surface area contributed by atoms with Crippen LogP contribution in [0.15, 0.2) is 22.7 Å². The molecule has 0 saturated heterocycles. The van der Waals surface area contributed by atoms with Crippen molar-refractivity contribution in [3.63, 3.8) is 0 Å². The molecule has 2 heterocycles. The molecule has 3 rings (SSSR count). The average molecular weight is 236 g/mol. The lowest BCUT2D eigenvalue weighted by molar-refractivity contribution is 0.164. The second-order valence-electron chi connectivity index (χ2n) is 3.60. The summed E-state index contributed by atoms with van der Waals surface area (Å²) in [7, 11) is 0. The molecule has 88 valence electrons. The van der Waals surface area contributed by atoms with Crippen molar-refractivity contribution in [2.24, 2.45) is 0 Å². The van der Waals surface area contributed by atoms with Crippen LogP contribution in [0.4, 0.5) is 10.3 Å². The molecule has 0 atom stereocenters. The van der Waals surface area contributed by atoms with Gasteiger partial charge in [-0.25, -0.2) is 4.39 Å². The Morgan fingerprint density at radius 2 is 2.00 bits per heavy atom. The average Bonchev–Trinajstić information content (AvgIpc) is 2.76. The number of hydrogen-bond acceptors (Lipinski definition) is 5. The van der Waals surface area contributed by atoms with Crippen LogP contribution in [0.2, 0.25) is 0 Å². The molecule has 1 aliphatic rings. The van der Waals surface area contributed by atoms with Gasteiger partial charge in [0, 0.05) is 11.6 Å². The Morgan fingerprint density at radius 3 is 2.76 bits per heavy atom. The van der Waals surface area contributed by atoms with Gasteiger partial charge in [0.1, 0.15) is 18.9 Å². The van der Waals surface area contributed by atoms with Gasteiger partial charge >= 0.3 is 0 Å². The molecular weight excluding hydrogens is 227 g/mol. The van der Waals surface area contributed by atoms with E-state index in [0.717, 1.165) is 0 Å². The van der Waals surface area contributed by atoms with Gasteiger partial charge in [0.2, 0.25) is 5.88 Å². The highest BCUT2D eigenvalue weighted by atomic mass is 19.1. The molecule has 0 radical (unpaired) electrons. The summed E-state index contributed by atoms with van der Waals surface area (Å²) in [6.45, 7) is 0.747. The van der Waals surface area contributed by atoms with Gasteiger partial charge in [-0.3, -0.25) is 0 Å². The summed E-state index contributed by atoms with van der Waals surface area (Å²) in [5, 5.41) is 3.71. The Bertz CT molecular complexity index is 568. The summed E-state index contributed by atoms with van der Waals surface area (Å²) in [6, 6.07) is 4.48. The first kappa shape index (κ1) is 9.95. The van der Waals surface area contributed by atoms with Crippen LogP contribution >= 0.6 is 0 Å². The molecule has 0 saturated carbocycles. The maximum atomic E-state index is 13.7. The zero-order valence-electron chi connectivity index (χ0n) is 8.77. The van der Waals surface area contributed by atoms with E-state index in [-0.39, 0.29) is 11.6 Å². The number of fused-ring (bicyclic) bond motifs is 1. The van der Waals surface area contributed by atoms with Gasteiger partial charge in [0.25, 0.3) is 0 Å². The largest absolute Gasteiger partial charge is 0.486 e. The molecular formula is C11H9FN2O3. The highest BCUT2D eigenvalue weighted by Gasteiger charge is 2.19. The van der Waals surface area contributed by atoms with E-state index < -0.39 is 5.82 Å². The van der Waals surface area contributed by atoms with Crippen molar-refractivity contribution < 1.29 is 18.4 Å². The number of anilines is 1. The summed E-state index contributed by atoms with van der Waals surface area (Å²) in [5.74, 6) is 0.193. The Kier molecular flexibility index (Phi) is 2.14. The number of halogens is 1. The first-order valence-corrected chi connectivity index (χ1v) is 5.06. The van der Waals surface area contributed by atoms with Crippen LogP contribution in [0.25, 0.3) is 11.3 Å². The fraction of sp³-hybridized carbons (Fsp3) is 0.182. The van der Waals surface area contributed by atoms with E-state index in [1.807, 2.05) is 0 Å². The number of nitrogen functional groups attached to an aromatic ring is 1. The van der Waals surface area contributed by atoms with Crippen molar-refractivity contribution in [2.75, 3.05) is 18.9 Å². The normalized spacial score (nSPS) is 13.7. The van der Waals surface area contributed by atoms with Crippen LogP contribution in [0.3, 0.4) is 0 Å². The van der Waals surface area contributed by atoms with E-state index in [2.05, 4.69) is 5.16 Å². The van der Waals surface area contributed by atoms with Crippen molar-refractivity contribution in [1.82, 2.24) is 5.16 Å². The number of hydrogen-bond donors (Lipinski definition) is 1. The maximum Gasteiger partial charge on any atom is 0.222 e. The molecule has 0 spiro atoms. The molecule has 1 aromatic carbocycles.